The Morgan fingerprint density at radius 2 is 2.00 bits per heavy atom. The molecule has 0 amide bonds. The second-order valence-electron chi connectivity index (χ2n) is 4.64. The summed E-state index contributed by atoms with van der Waals surface area (Å²) in [6.07, 6.45) is -0.112. The molecular formula is C12H16O3. The Morgan fingerprint density at radius 1 is 1.33 bits per heavy atom. The first-order valence-electron chi connectivity index (χ1n) is 5.13. The van der Waals surface area contributed by atoms with Crippen molar-refractivity contribution in [2.24, 2.45) is 0 Å². The molecule has 3 heteroatoms. The summed E-state index contributed by atoms with van der Waals surface area (Å²) < 4.78 is 5.42. The first-order valence-corrected chi connectivity index (χ1v) is 5.13. The van der Waals surface area contributed by atoms with Crippen LogP contribution in [0.3, 0.4) is 0 Å². The zero-order chi connectivity index (χ0) is 11.1. The van der Waals surface area contributed by atoms with Gasteiger partial charge in [-0.25, -0.2) is 0 Å². The largest absolute Gasteiger partial charge is 0.508 e. The van der Waals surface area contributed by atoms with Gasteiger partial charge in [0.25, 0.3) is 0 Å². The number of aromatic hydroxyl groups is 1. The molecule has 15 heavy (non-hydrogen) atoms. The summed E-state index contributed by atoms with van der Waals surface area (Å²) >= 11 is 0. The van der Waals surface area contributed by atoms with E-state index in [-0.39, 0.29) is 17.3 Å². The minimum absolute atomic E-state index is 0.138. The molecule has 0 spiro atoms. The van der Waals surface area contributed by atoms with Gasteiger partial charge in [-0.3, -0.25) is 0 Å². The first-order chi connectivity index (χ1) is 6.99. The van der Waals surface area contributed by atoms with Crippen LogP contribution in [0.5, 0.6) is 5.75 Å². The predicted octanol–water partition coefficient (Wildman–Crippen LogP) is 1.99. The molecule has 1 aromatic rings. The van der Waals surface area contributed by atoms with Crippen LogP contribution in [0.25, 0.3) is 0 Å². The monoisotopic (exact) mass is 208 g/mol. The molecule has 2 unspecified atom stereocenters. The topological polar surface area (TPSA) is 49.7 Å². The SMILES string of the molecule is CC1(C)CC(c2ccccc2O)C(O)O1. The van der Waals surface area contributed by atoms with Gasteiger partial charge in [-0.05, 0) is 26.3 Å². The number of ether oxygens (including phenoxy) is 1. The van der Waals surface area contributed by atoms with Crippen LogP contribution in [0.15, 0.2) is 24.3 Å². The van der Waals surface area contributed by atoms with Gasteiger partial charge in [-0.1, -0.05) is 18.2 Å². The lowest BCUT2D eigenvalue weighted by molar-refractivity contribution is -0.127. The van der Waals surface area contributed by atoms with Crippen molar-refractivity contribution in [3.63, 3.8) is 0 Å². The molecule has 0 aromatic heterocycles. The van der Waals surface area contributed by atoms with Crippen molar-refractivity contribution in [1.29, 1.82) is 0 Å². The van der Waals surface area contributed by atoms with Crippen molar-refractivity contribution < 1.29 is 14.9 Å². The number of benzene rings is 1. The van der Waals surface area contributed by atoms with Crippen molar-refractivity contribution in [2.75, 3.05) is 0 Å². The van der Waals surface area contributed by atoms with E-state index in [4.69, 9.17) is 4.74 Å². The highest BCUT2D eigenvalue weighted by atomic mass is 16.6. The molecule has 0 bridgehead atoms. The van der Waals surface area contributed by atoms with Gasteiger partial charge < -0.3 is 14.9 Å². The van der Waals surface area contributed by atoms with Crippen LogP contribution in [0, 0.1) is 0 Å². The van der Waals surface area contributed by atoms with Crippen LogP contribution in [0.2, 0.25) is 0 Å². The van der Waals surface area contributed by atoms with E-state index in [0.29, 0.717) is 6.42 Å². The summed E-state index contributed by atoms with van der Waals surface area (Å²) in [7, 11) is 0. The fraction of sp³-hybridized carbons (Fsp3) is 0.500. The van der Waals surface area contributed by atoms with E-state index in [1.165, 1.54) is 0 Å². The number of para-hydroxylation sites is 1. The molecule has 1 fully saturated rings. The molecule has 1 aliphatic rings. The summed E-state index contributed by atoms with van der Waals surface area (Å²) in [4.78, 5) is 0. The van der Waals surface area contributed by atoms with Gasteiger partial charge in [0.15, 0.2) is 6.29 Å². The van der Waals surface area contributed by atoms with E-state index in [2.05, 4.69) is 0 Å². The highest BCUT2D eigenvalue weighted by Gasteiger charge is 2.40. The molecular weight excluding hydrogens is 192 g/mol. The molecule has 0 aliphatic carbocycles. The Labute approximate surface area is 89.3 Å². The third-order valence-corrected chi connectivity index (χ3v) is 2.83. The van der Waals surface area contributed by atoms with Crippen LogP contribution in [-0.4, -0.2) is 22.1 Å². The number of rotatable bonds is 1. The van der Waals surface area contributed by atoms with Gasteiger partial charge in [0, 0.05) is 11.5 Å². The summed E-state index contributed by atoms with van der Waals surface area (Å²) in [5, 5.41) is 19.5. The minimum Gasteiger partial charge on any atom is -0.508 e. The van der Waals surface area contributed by atoms with E-state index >= 15 is 0 Å². The number of hydrogen-bond acceptors (Lipinski definition) is 3. The fourth-order valence-corrected chi connectivity index (χ4v) is 2.15. The predicted molar refractivity (Wildman–Crippen MR) is 56.6 cm³/mol. The van der Waals surface area contributed by atoms with Gasteiger partial charge >= 0.3 is 0 Å². The van der Waals surface area contributed by atoms with Crippen LogP contribution in [0.4, 0.5) is 0 Å². The number of phenolic OH excluding ortho intramolecular Hbond substituents is 1. The zero-order valence-corrected chi connectivity index (χ0v) is 8.97. The lowest BCUT2D eigenvalue weighted by Gasteiger charge is -2.15. The summed E-state index contributed by atoms with van der Waals surface area (Å²) in [6, 6.07) is 7.08. The lowest BCUT2D eigenvalue weighted by Crippen LogP contribution is -2.19. The number of phenols is 1. The second-order valence-corrected chi connectivity index (χ2v) is 4.64. The van der Waals surface area contributed by atoms with Gasteiger partial charge in [0.05, 0.1) is 5.60 Å². The van der Waals surface area contributed by atoms with Crippen molar-refractivity contribution in [1.82, 2.24) is 0 Å². The van der Waals surface area contributed by atoms with E-state index in [0.717, 1.165) is 5.56 Å². The maximum atomic E-state index is 9.77. The average molecular weight is 208 g/mol. The molecule has 2 atom stereocenters. The Bertz CT molecular complexity index is 360. The Hall–Kier alpha value is -1.06. The Balaban J connectivity index is 2.29. The quantitative estimate of drug-likeness (QED) is 0.742. The molecule has 2 N–H and O–H groups in total. The van der Waals surface area contributed by atoms with Crippen LogP contribution < -0.4 is 0 Å². The second kappa shape index (κ2) is 3.51. The smallest absolute Gasteiger partial charge is 0.162 e. The number of hydrogen-bond donors (Lipinski definition) is 2. The van der Waals surface area contributed by atoms with Crippen LogP contribution >= 0.6 is 0 Å². The van der Waals surface area contributed by atoms with Crippen molar-refractivity contribution >= 4 is 0 Å². The molecule has 1 saturated heterocycles. The van der Waals surface area contributed by atoms with E-state index in [1.54, 1.807) is 12.1 Å². The molecule has 0 saturated carbocycles. The molecule has 3 nitrogen and oxygen atoms in total. The number of aliphatic hydroxyl groups excluding tert-OH is 1. The fourth-order valence-electron chi connectivity index (χ4n) is 2.15. The van der Waals surface area contributed by atoms with Gasteiger partial charge in [0.2, 0.25) is 0 Å². The third-order valence-electron chi connectivity index (χ3n) is 2.83. The van der Waals surface area contributed by atoms with Crippen LogP contribution in [0.1, 0.15) is 31.7 Å². The lowest BCUT2D eigenvalue weighted by atomic mass is 9.90. The van der Waals surface area contributed by atoms with E-state index in [9.17, 15) is 10.2 Å². The highest BCUT2D eigenvalue weighted by Crippen LogP contribution is 2.42. The van der Waals surface area contributed by atoms with E-state index in [1.807, 2.05) is 26.0 Å². The molecule has 82 valence electrons. The van der Waals surface area contributed by atoms with Crippen molar-refractivity contribution in [3.8, 4) is 5.75 Å². The van der Waals surface area contributed by atoms with Gasteiger partial charge in [-0.2, -0.15) is 0 Å². The summed E-state index contributed by atoms with van der Waals surface area (Å²) in [5.41, 5.74) is 0.433. The van der Waals surface area contributed by atoms with E-state index < -0.39 is 6.29 Å². The summed E-state index contributed by atoms with van der Waals surface area (Å²) in [6.45, 7) is 3.88. The summed E-state index contributed by atoms with van der Waals surface area (Å²) in [5.74, 6) is 0.0871. The third kappa shape index (κ3) is 1.98. The Morgan fingerprint density at radius 3 is 2.53 bits per heavy atom. The average Bonchev–Trinajstić information content (AvgIpc) is 2.40. The normalized spacial score (nSPS) is 29.3. The molecule has 2 rings (SSSR count). The standard InChI is InChI=1S/C12H16O3/c1-12(2)7-9(11(14)15-12)8-5-3-4-6-10(8)13/h3-6,9,11,13-14H,7H2,1-2H3. The number of aliphatic hydroxyl groups is 1. The van der Waals surface area contributed by atoms with Gasteiger partial charge in [0.1, 0.15) is 5.75 Å². The molecule has 1 aromatic carbocycles. The maximum Gasteiger partial charge on any atom is 0.162 e. The molecule has 1 heterocycles. The van der Waals surface area contributed by atoms with Crippen molar-refractivity contribution in [2.45, 2.75) is 38.1 Å². The van der Waals surface area contributed by atoms with Crippen LogP contribution in [-0.2, 0) is 4.74 Å². The first kappa shape index (κ1) is 10.5. The Kier molecular flexibility index (Phi) is 2.44. The van der Waals surface area contributed by atoms with Crippen molar-refractivity contribution in [3.05, 3.63) is 29.8 Å². The maximum absolute atomic E-state index is 9.77. The molecule has 0 radical (unpaired) electrons. The minimum atomic E-state index is -0.826. The highest BCUT2D eigenvalue weighted by molar-refractivity contribution is 5.36. The molecule has 1 aliphatic heterocycles. The van der Waals surface area contributed by atoms with Gasteiger partial charge in [-0.15, -0.1) is 0 Å². The zero-order valence-electron chi connectivity index (χ0n) is 8.97.